The summed E-state index contributed by atoms with van der Waals surface area (Å²) in [7, 11) is 0. The van der Waals surface area contributed by atoms with Gasteiger partial charge in [0.15, 0.2) is 0 Å². The summed E-state index contributed by atoms with van der Waals surface area (Å²) in [5.74, 6) is 0.0548. The molecule has 0 bridgehead atoms. The van der Waals surface area contributed by atoms with Crippen LogP contribution in [-0.4, -0.2) is 32.1 Å². The molecule has 2 N–H and O–H groups in total. The highest BCUT2D eigenvalue weighted by Gasteiger charge is 2.18. The van der Waals surface area contributed by atoms with Gasteiger partial charge in [-0.3, -0.25) is 4.79 Å². The molecule has 1 heterocycles. The molecule has 20 heavy (non-hydrogen) atoms. The van der Waals surface area contributed by atoms with Gasteiger partial charge in [0.05, 0.1) is 11.4 Å². The molecule has 1 fully saturated rings. The molecule has 0 aliphatic carbocycles. The Morgan fingerprint density at radius 3 is 2.70 bits per heavy atom. The van der Waals surface area contributed by atoms with Gasteiger partial charge >= 0.3 is 0 Å². The minimum Gasteiger partial charge on any atom is -0.370 e. The molecule has 1 amide bonds. The number of para-hydroxylation sites is 2. The van der Waals surface area contributed by atoms with E-state index in [1.54, 1.807) is 0 Å². The molecule has 4 nitrogen and oxygen atoms in total. The minimum atomic E-state index is -0.0263. The molecule has 1 unspecified atom stereocenters. The van der Waals surface area contributed by atoms with E-state index in [4.69, 9.17) is 0 Å². The molecular weight excluding hydrogens is 250 g/mol. The fraction of sp³-hybridized carbons (Fsp3) is 0.562. The highest BCUT2D eigenvalue weighted by atomic mass is 16.1. The third kappa shape index (κ3) is 3.73. The second-order valence-electron chi connectivity index (χ2n) is 5.41. The number of rotatable bonds is 6. The molecule has 0 spiro atoms. The Bertz CT molecular complexity index is 441. The molecule has 1 saturated heterocycles. The van der Waals surface area contributed by atoms with Crippen LogP contribution >= 0.6 is 0 Å². The molecule has 110 valence electrons. The lowest BCUT2D eigenvalue weighted by molar-refractivity contribution is -0.119. The maximum atomic E-state index is 12.2. The van der Waals surface area contributed by atoms with Crippen LogP contribution in [-0.2, 0) is 4.79 Å². The Morgan fingerprint density at radius 2 is 2.00 bits per heavy atom. The summed E-state index contributed by atoms with van der Waals surface area (Å²) < 4.78 is 0. The first-order chi connectivity index (χ1) is 9.72. The number of benzene rings is 1. The number of anilines is 2. The van der Waals surface area contributed by atoms with Crippen molar-refractivity contribution in [2.75, 3.05) is 36.4 Å². The maximum Gasteiger partial charge on any atom is 0.228 e. The summed E-state index contributed by atoms with van der Waals surface area (Å²) in [4.78, 5) is 14.6. The molecule has 1 aliphatic heterocycles. The van der Waals surface area contributed by atoms with Crippen LogP contribution < -0.4 is 15.5 Å². The van der Waals surface area contributed by atoms with Crippen molar-refractivity contribution in [3.05, 3.63) is 24.3 Å². The molecule has 2 rings (SSSR count). The number of hydrogen-bond donors (Lipinski definition) is 2. The van der Waals surface area contributed by atoms with Gasteiger partial charge in [-0.25, -0.2) is 0 Å². The first kappa shape index (κ1) is 14.9. The second kappa shape index (κ2) is 7.29. The quantitative estimate of drug-likeness (QED) is 0.838. The van der Waals surface area contributed by atoms with Gasteiger partial charge in [0.1, 0.15) is 0 Å². The van der Waals surface area contributed by atoms with Gasteiger partial charge < -0.3 is 15.5 Å². The number of nitrogens with one attached hydrogen (secondary N) is 2. The zero-order valence-corrected chi connectivity index (χ0v) is 12.5. The molecule has 1 aromatic carbocycles. The van der Waals surface area contributed by atoms with E-state index in [0.29, 0.717) is 6.54 Å². The topological polar surface area (TPSA) is 44.4 Å². The van der Waals surface area contributed by atoms with Crippen molar-refractivity contribution in [3.8, 4) is 0 Å². The molecule has 1 aromatic rings. The van der Waals surface area contributed by atoms with Crippen LogP contribution in [0.5, 0.6) is 0 Å². The molecule has 0 aromatic heterocycles. The third-order valence-electron chi connectivity index (χ3n) is 3.76. The van der Waals surface area contributed by atoms with E-state index >= 15 is 0 Å². The summed E-state index contributed by atoms with van der Waals surface area (Å²) in [5.41, 5.74) is 2.08. The van der Waals surface area contributed by atoms with Crippen LogP contribution in [0, 0.1) is 5.92 Å². The van der Waals surface area contributed by atoms with Gasteiger partial charge in [0, 0.05) is 25.6 Å². The monoisotopic (exact) mass is 275 g/mol. The van der Waals surface area contributed by atoms with E-state index < -0.39 is 0 Å². The lowest BCUT2D eigenvalue weighted by atomic mass is 10.1. The largest absolute Gasteiger partial charge is 0.370 e. The Hall–Kier alpha value is -1.55. The molecule has 1 aliphatic rings. The van der Waals surface area contributed by atoms with Gasteiger partial charge in [-0.05, 0) is 31.5 Å². The molecule has 4 heteroatoms. The number of hydrogen-bond acceptors (Lipinski definition) is 3. The van der Waals surface area contributed by atoms with Crippen molar-refractivity contribution in [1.29, 1.82) is 0 Å². The van der Waals surface area contributed by atoms with Crippen LogP contribution in [0.25, 0.3) is 0 Å². The van der Waals surface area contributed by atoms with Gasteiger partial charge in [-0.15, -0.1) is 0 Å². The average molecular weight is 275 g/mol. The summed E-state index contributed by atoms with van der Waals surface area (Å²) in [5, 5.41) is 6.29. The zero-order valence-electron chi connectivity index (χ0n) is 12.5. The van der Waals surface area contributed by atoms with Gasteiger partial charge in [0.2, 0.25) is 5.91 Å². The predicted octanol–water partition coefficient (Wildman–Crippen LogP) is 2.47. The van der Waals surface area contributed by atoms with E-state index in [0.717, 1.165) is 31.0 Å². The van der Waals surface area contributed by atoms with E-state index in [1.165, 1.54) is 12.8 Å². The SMILES string of the molecule is CCNCC(C)C(=O)Nc1ccccc1N1CCCC1. The Labute approximate surface area is 121 Å². The standard InChI is InChI=1S/C16H25N3O/c1-3-17-12-13(2)16(20)18-14-8-4-5-9-15(14)19-10-6-7-11-19/h4-5,8-9,13,17H,3,6-7,10-12H2,1-2H3,(H,18,20). The fourth-order valence-corrected chi connectivity index (χ4v) is 2.52. The first-order valence-corrected chi connectivity index (χ1v) is 7.58. The molecule has 1 atom stereocenters. The Balaban J connectivity index is 2.03. The smallest absolute Gasteiger partial charge is 0.228 e. The maximum absolute atomic E-state index is 12.2. The molecule has 0 saturated carbocycles. The minimum absolute atomic E-state index is 0.0263. The van der Waals surface area contributed by atoms with E-state index in [1.807, 2.05) is 32.0 Å². The van der Waals surface area contributed by atoms with Gasteiger partial charge in [0.25, 0.3) is 0 Å². The summed E-state index contributed by atoms with van der Waals surface area (Å²) in [6.07, 6.45) is 2.47. The highest BCUT2D eigenvalue weighted by molar-refractivity contribution is 5.95. The van der Waals surface area contributed by atoms with Crippen LogP contribution in [0.15, 0.2) is 24.3 Å². The summed E-state index contributed by atoms with van der Waals surface area (Å²) in [6.45, 7) is 7.78. The zero-order chi connectivity index (χ0) is 14.4. The second-order valence-corrected chi connectivity index (χ2v) is 5.41. The lowest BCUT2D eigenvalue weighted by Crippen LogP contribution is -2.31. The lowest BCUT2D eigenvalue weighted by Gasteiger charge is -2.22. The number of carbonyl (C=O) groups excluding carboxylic acids is 1. The highest BCUT2D eigenvalue weighted by Crippen LogP contribution is 2.28. The summed E-state index contributed by atoms with van der Waals surface area (Å²) >= 11 is 0. The van der Waals surface area contributed by atoms with Crippen molar-refractivity contribution in [2.45, 2.75) is 26.7 Å². The first-order valence-electron chi connectivity index (χ1n) is 7.58. The third-order valence-corrected chi connectivity index (χ3v) is 3.76. The van der Waals surface area contributed by atoms with E-state index in [-0.39, 0.29) is 11.8 Å². The Morgan fingerprint density at radius 1 is 1.30 bits per heavy atom. The van der Waals surface area contributed by atoms with Gasteiger partial charge in [-0.1, -0.05) is 26.0 Å². The molecular formula is C16H25N3O. The van der Waals surface area contributed by atoms with Crippen LogP contribution in [0.2, 0.25) is 0 Å². The van der Waals surface area contributed by atoms with Crippen molar-refractivity contribution in [2.24, 2.45) is 5.92 Å². The number of carbonyl (C=O) groups is 1. The summed E-state index contributed by atoms with van der Waals surface area (Å²) in [6, 6.07) is 8.09. The Kier molecular flexibility index (Phi) is 5.41. The van der Waals surface area contributed by atoms with E-state index in [9.17, 15) is 4.79 Å². The van der Waals surface area contributed by atoms with Crippen molar-refractivity contribution >= 4 is 17.3 Å². The van der Waals surface area contributed by atoms with Crippen molar-refractivity contribution in [3.63, 3.8) is 0 Å². The van der Waals surface area contributed by atoms with E-state index in [2.05, 4.69) is 21.6 Å². The van der Waals surface area contributed by atoms with Gasteiger partial charge in [-0.2, -0.15) is 0 Å². The fourth-order valence-electron chi connectivity index (χ4n) is 2.52. The van der Waals surface area contributed by atoms with Crippen molar-refractivity contribution < 1.29 is 4.79 Å². The number of nitrogens with zero attached hydrogens (tertiary/aromatic N) is 1. The average Bonchev–Trinajstić information content (AvgIpc) is 2.99. The molecule has 0 radical (unpaired) electrons. The van der Waals surface area contributed by atoms with Crippen LogP contribution in [0.4, 0.5) is 11.4 Å². The van der Waals surface area contributed by atoms with Crippen LogP contribution in [0.1, 0.15) is 26.7 Å². The normalized spacial score (nSPS) is 16.2. The number of amides is 1. The van der Waals surface area contributed by atoms with Crippen LogP contribution in [0.3, 0.4) is 0 Å². The predicted molar refractivity (Wildman–Crippen MR) is 84.2 cm³/mol. The van der Waals surface area contributed by atoms with Crippen molar-refractivity contribution in [1.82, 2.24) is 5.32 Å².